The molecule has 0 saturated heterocycles. The Balaban J connectivity index is 1.77. The van der Waals surface area contributed by atoms with Crippen molar-refractivity contribution in [2.45, 2.75) is 6.42 Å². The quantitative estimate of drug-likeness (QED) is 0.544. The van der Waals surface area contributed by atoms with Gasteiger partial charge in [-0.3, -0.25) is 9.59 Å². The number of hydrogen-bond acceptors (Lipinski definition) is 4. The summed E-state index contributed by atoms with van der Waals surface area (Å²) < 4.78 is 13.4. The third kappa shape index (κ3) is 5.58. The molecular weight excluding hydrogens is 349 g/mol. The van der Waals surface area contributed by atoms with E-state index in [9.17, 15) is 19.1 Å². The van der Waals surface area contributed by atoms with Crippen LogP contribution in [0.15, 0.2) is 47.6 Å². The van der Waals surface area contributed by atoms with E-state index in [1.807, 2.05) is 0 Å². The molecule has 2 aromatic carbocycles. The SMILES string of the molecule is O=C(CCNC(=O)c1ccccc1F)NN=Cc1cc(Cl)ccc1O. The monoisotopic (exact) mass is 363 g/mol. The average Bonchev–Trinajstić information content (AvgIpc) is 2.58. The molecule has 25 heavy (non-hydrogen) atoms. The summed E-state index contributed by atoms with van der Waals surface area (Å²) in [5.41, 5.74) is 2.52. The number of halogens is 2. The van der Waals surface area contributed by atoms with Crippen molar-refractivity contribution in [2.24, 2.45) is 5.10 Å². The van der Waals surface area contributed by atoms with Crippen LogP contribution >= 0.6 is 11.6 Å². The van der Waals surface area contributed by atoms with E-state index in [0.29, 0.717) is 10.6 Å². The lowest BCUT2D eigenvalue weighted by Gasteiger charge is -2.05. The second-order valence-electron chi connectivity index (χ2n) is 4.98. The summed E-state index contributed by atoms with van der Waals surface area (Å²) in [6, 6.07) is 9.98. The summed E-state index contributed by atoms with van der Waals surface area (Å²) in [7, 11) is 0. The molecule has 0 aliphatic carbocycles. The minimum absolute atomic E-state index is 0.0247. The van der Waals surface area contributed by atoms with E-state index in [1.165, 1.54) is 42.6 Å². The first kappa shape index (κ1) is 18.4. The first-order chi connectivity index (χ1) is 12.0. The Kier molecular flexibility index (Phi) is 6.47. The Morgan fingerprint density at radius 1 is 1.24 bits per heavy atom. The molecule has 2 aromatic rings. The van der Waals surface area contributed by atoms with E-state index in [2.05, 4.69) is 15.8 Å². The zero-order valence-electron chi connectivity index (χ0n) is 13.0. The van der Waals surface area contributed by atoms with E-state index in [4.69, 9.17) is 11.6 Å². The maximum absolute atomic E-state index is 13.4. The third-order valence-electron chi connectivity index (χ3n) is 3.14. The number of amides is 2. The van der Waals surface area contributed by atoms with Crippen LogP contribution in [0.5, 0.6) is 5.75 Å². The van der Waals surface area contributed by atoms with Gasteiger partial charge in [0.1, 0.15) is 11.6 Å². The number of hydrogen-bond donors (Lipinski definition) is 3. The molecule has 0 fully saturated rings. The van der Waals surface area contributed by atoms with Gasteiger partial charge in [-0.2, -0.15) is 5.10 Å². The van der Waals surface area contributed by atoms with Crippen LogP contribution < -0.4 is 10.7 Å². The molecular formula is C17H15ClFN3O3. The molecule has 2 rings (SSSR count). The Morgan fingerprint density at radius 3 is 2.76 bits per heavy atom. The highest BCUT2D eigenvalue weighted by molar-refractivity contribution is 6.30. The van der Waals surface area contributed by atoms with Crippen molar-refractivity contribution < 1.29 is 19.1 Å². The van der Waals surface area contributed by atoms with Crippen LogP contribution in [0.4, 0.5) is 4.39 Å². The summed E-state index contributed by atoms with van der Waals surface area (Å²) in [6.07, 6.45) is 1.20. The van der Waals surface area contributed by atoms with Crippen LogP contribution in [0.3, 0.4) is 0 Å². The molecule has 0 radical (unpaired) electrons. The van der Waals surface area contributed by atoms with Crippen molar-refractivity contribution in [3.63, 3.8) is 0 Å². The third-order valence-corrected chi connectivity index (χ3v) is 3.37. The summed E-state index contributed by atoms with van der Waals surface area (Å²) in [4.78, 5) is 23.4. The van der Waals surface area contributed by atoms with Gasteiger partial charge in [0, 0.05) is 23.6 Å². The number of nitrogens with zero attached hydrogens (tertiary/aromatic N) is 1. The molecule has 0 saturated carbocycles. The van der Waals surface area contributed by atoms with Gasteiger partial charge >= 0.3 is 0 Å². The molecule has 0 heterocycles. The number of carbonyl (C=O) groups is 2. The molecule has 0 unspecified atom stereocenters. The second kappa shape index (κ2) is 8.79. The smallest absolute Gasteiger partial charge is 0.254 e. The lowest BCUT2D eigenvalue weighted by molar-refractivity contribution is -0.120. The lowest BCUT2D eigenvalue weighted by atomic mass is 10.2. The fourth-order valence-corrected chi connectivity index (χ4v) is 2.07. The Bertz CT molecular complexity index is 811. The molecule has 0 aromatic heterocycles. The number of phenolic OH excluding ortho intramolecular Hbond substituents is 1. The normalized spacial score (nSPS) is 10.6. The predicted molar refractivity (Wildman–Crippen MR) is 92.2 cm³/mol. The van der Waals surface area contributed by atoms with Gasteiger partial charge in [-0.15, -0.1) is 0 Å². The van der Waals surface area contributed by atoms with E-state index in [-0.39, 0.29) is 24.3 Å². The van der Waals surface area contributed by atoms with Crippen molar-refractivity contribution >= 4 is 29.6 Å². The molecule has 0 aliphatic heterocycles. The van der Waals surface area contributed by atoms with Gasteiger partial charge in [-0.1, -0.05) is 23.7 Å². The molecule has 6 nitrogen and oxygen atoms in total. The average molecular weight is 364 g/mol. The van der Waals surface area contributed by atoms with Gasteiger partial charge < -0.3 is 10.4 Å². The lowest BCUT2D eigenvalue weighted by Crippen LogP contribution is -2.29. The zero-order valence-corrected chi connectivity index (χ0v) is 13.8. The highest BCUT2D eigenvalue weighted by atomic mass is 35.5. The van der Waals surface area contributed by atoms with Gasteiger partial charge in [-0.05, 0) is 30.3 Å². The van der Waals surface area contributed by atoms with E-state index in [0.717, 1.165) is 0 Å². The van der Waals surface area contributed by atoms with Gasteiger partial charge in [-0.25, -0.2) is 9.82 Å². The molecule has 0 aliphatic rings. The van der Waals surface area contributed by atoms with Crippen LogP contribution in [-0.4, -0.2) is 29.7 Å². The van der Waals surface area contributed by atoms with Gasteiger partial charge in [0.05, 0.1) is 11.8 Å². The van der Waals surface area contributed by atoms with Crippen molar-refractivity contribution in [2.75, 3.05) is 6.54 Å². The predicted octanol–water partition coefficient (Wildman–Crippen LogP) is 2.45. The molecule has 8 heteroatoms. The molecule has 0 atom stereocenters. The summed E-state index contributed by atoms with van der Waals surface area (Å²) in [5.74, 6) is -1.71. The highest BCUT2D eigenvalue weighted by Gasteiger charge is 2.10. The summed E-state index contributed by atoms with van der Waals surface area (Å²) >= 11 is 5.79. The van der Waals surface area contributed by atoms with Gasteiger partial charge in [0.25, 0.3) is 5.91 Å². The van der Waals surface area contributed by atoms with Crippen molar-refractivity contribution in [3.05, 3.63) is 64.4 Å². The Morgan fingerprint density at radius 2 is 2.00 bits per heavy atom. The molecule has 130 valence electrons. The minimum Gasteiger partial charge on any atom is -0.507 e. The van der Waals surface area contributed by atoms with Gasteiger partial charge in [0.15, 0.2) is 0 Å². The second-order valence-corrected chi connectivity index (χ2v) is 5.42. The fraction of sp³-hybridized carbons (Fsp3) is 0.118. The highest BCUT2D eigenvalue weighted by Crippen LogP contribution is 2.19. The van der Waals surface area contributed by atoms with Crippen LogP contribution in [-0.2, 0) is 4.79 Å². The van der Waals surface area contributed by atoms with E-state index >= 15 is 0 Å². The van der Waals surface area contributed by atoms with Crippen LogP contribution in [0.2, 0.25) is 5.02 Å². The largest absolute Gasteiger partial charge is 0.507 e. The van der Waals surface area contributed by atoms with Gasteiger partial charge in [0.2, 0.25) is 5.91 Å². The van der Waals surface area contributed by atoms with E-state index in [1.54, 1.807) is 6.07 Å². The van der Waals surface area contributed by atoms with Crippen LogP contribution in [0.25, 0.3) is 0 Å². The number of rotatable bonds is 6. The standard InChI is InChI=1S/C17H15ClFN3O3/c18-12-5-6-15(23)11(9-12)10-21-22-16(24)7-8-20-17(25)13-3-1-2-4-14(13)19/h1-6,9-10,23H,7-8H2,(H,20,25)(H,22,24). The fourth-order valence-electron chi connectivity index (χ4n) is 1.89. The number of nitrogens with one attached hydrogen (secondary N) is 2. The summed E-state index contributed by atoms with van der Waals surface area (Å²) in [6.45, 7) is 0.0247. The number of aromatic hydroxyl groups is 1. The number of hydrazone groups is 1. The Hall–Kier alpha value is -2.93. The number of benzene rings is 2. The molecule has 3 N–H and O–H groups in total. The summed E-state index contributed by atoms with van der Waals surface area (Å²) in [5, 5.41) is 16.2. The number of carbonyl (C=O) groups excluding carboxylic acids is 2. The van der Waals surface area contributed by atoms with Crippen LogP contribution in [0.1, 0.15) is 22.3 Å². The maximum atomic E-state index is 13.4. The van der Waals surface area contributed by atoms with Crippen molar-refractivity contribution in [1.29, 1.82) is 0 Å². The number of phenols is 1. The van der Waals surface area contributed by atoms with Crippen LogP contribution in [0, 0.1) is 5.82 Å². The van der Waals surface area contributed by atoms with Crippen molar-refractivity contribution in [3.8, 4) is 5.75 Å². The zero-order chi connectivity index (χ0) is 18.2. The molecule has 2 amide bonds. The first-order valence-electron chi connectivity index (χ1n) is 7.30. The Labute approximate surface area is 148 Å². The molecule has 0 bridgehead atoms. The molecule has 0 spiro atoms. The maximum Gasteiger partial charge on any atom is 0.254 e. The van der Waals surface area contributed by atoms with Crippen molar-refractivity contribution in [1.82, 2.24) is 10.7 Å². The minimum atomic E-state index is -0.629. The van der Waals surface area contributed by atoms with E-state index < -0.39 is 17.6 Å². The first-order valence-corrected chi connectivity index (χ1v) is 7.68. The topological polar surface area (TPSA) is 90.8 Å².